The molecule has 2 aromatic carbocycles. The van der Waals surface area contributed by atoms with E-state index in [9.17, 15) is 14.7 Å². The Morgan fingerprint density at radius 2 is 1.85 bits per heavy atom. The average molecular weight is 489 g/mol. The highest BCUT2D eigenvalue weighted by Gasteiger charge is 2.40. The molecule has 0 saturated heterocycles. The summed E-state index contributed by atoms with van der Waals surface area (Å²) in [5.41, 5.74) is 1.16. The number of carbonyl (C=O) groups excluding carboxylic acids is 2. The number of nitrogens with zero attached hydrogens (tertiary/aromatic N) is 3. The van der Waals surface area contributed by atoms with Crippen molar-refractivity contribution in [3.05, 3.63) is 70.6 Å². The van der Waals surface area contributed by atoms with Crippen molar-refractivity contribution in [2.45, 2.75) is 19.3 Å². The zero-order valence-electron chi connectivity index (χ0n) is 19.4. The molecule has 1 heterocycles. The molecule has 34 heavy (non-hydrogen) atoms. The lowest BCUT2D eigenvalue weighted by Gasteiger charge is -2.30. The molecule has 0 fully saturated rings. The number of ether oxygens (including phenoxy) is 2. The van der Waals surface area contributed by atoms with E-state index in [1.807, 2.05) is 24.3 Å². The predicted octanol–water partition coefficient (Wildman–Crippen LogP) is 2.21. The molecular formula is C24H29ClN4O5. The van der Waals surface area contributed by atoms with E-state index in [1.54, 1.807) is 50.4 Å². The minimum Gasteiger partial charge on any atom is -0.493 e. The maximum absolute atomic E-state index is 13.5. The first kappa shape index (κ1) is 25.2. The van der Waals surface area contributed by atoms with Crippen molar-refractivity contribution in [1.29, 1.82) is 0 Å². The second kappa shape index (κ2) is 11.6. The molecule has 2 N–H and O–H groups in total. The Morgan fingerprint density at radius 3 is 2.47 bits per heavy atom. The third kappa shape index (κ3) is 5.73. The second-order valence-electron chi connectivity index (χ2n) is 7.74. The lowest BCUT2D eigenvalue weighted by atomic mass is 10.2. The van der Waals surface area contributed by atoms with E-state index in [2.05, 4.69) is 5.32 Å². The first-order chi connectivity index (χ1) is 16.4. The molecule has 3 rings (SSSR count). The van der Waals surface area contributed by atoms with Gasteiger partial charge in [0.15, 0.2) is 11.5 Å². The number of hydrogen-bond acceptors (Lipinski definition) is 7. The summed E-state index contributed by atoms with van der Waals surface area (Å²) in [5.74, 6) is 0.995. The normalized spacial score (nSPS) is 15.1. The minimum absolute atomic E-state index is 0.0377. The number of aliphatic hydroxyl groups is 1. The number of benzene rings is 2. The number of likely N-dealkylation sites (N-methyl/N-ethyl adjacent to an activating group) is 1. The van der Waals surface area contributed by atoms with Gasteiger partial charge in [-0.25, -0.2) is 0 Å². The molecule has 2 aromatic rings. The number of aliphatic hydroxyl groups excluding tert-OH is 1. The molecule has 9 nitrogen and oxygen atoms in total. The monoisotopic (exact) mass is 488 g/mol. The highest BCUT2D eigenvalue weighted by Crippen LogP contribution is 2.32. The summed E-state index contributed by atoms with van der Waals surface area (Å²) in [4.78, 5) is 29.7. The van der Waals surface area contributed by atoms with Crippen molar-refractivity contribution in [2.75, 3.05) is 34.4 Å². The highest BCUT2D eigenvalue weighted by atomic mass is 35.5. The number of hydrogen-bond donors (Lipinski definition) is 2. The Kier molecular flexibility index (Phi) is 8.61. The molecule has 2 amide bonds. The lowest BCUT2D eigenvalue weighted by molar-refractivity contribution is -0.128. The van der Waals surface area contributed by atoms with Crippen molar-refractivity contribution in [1.82, 2.24) is 20.0 Å². The summed E-state index contributed by atoms with van der Waals surface area (Å²) >= 11 is 6.05. The smallest absolute Gasteiger partial charge is 0.273 e. The Labute approximate surface area is 204 Å². The van der Waals surface area contributed by atoms with E-state index in [0.29, 0.717) is 48.3 Å². The zero-order chi connectivity index (χ0) is 24.7. The van der Waals surface area contributed by atoms with E-state index in [1.165, 1.54) is 9.80 Å². The van der Waals surface area contributed by atoms with Crippen LogP contribution in [0.5, 0.6) is 11.5 Å². The van der Waals surface area contributed by atoms with E-state index in [-0.39, 0.29) is 18.2 Å². The molecule has 1 aliphatic heterocycles. The number of nitrogens with one attached hydrogen (secondary N) is 1. The number of halogens is 1. The van der Waals surface area contributed by atoms with Crippen LogP contribution in [-0.4, -0.2) is 72.8 Å². The molecular weight excluding hydrogens is 460 g/mol. The van der Waals surface area contributed by atoms with E-state index < -0.39 is 6.35 Å². The molecule has 0 bridgehead atoms. The second-order valence-corrected chi connectivity index (χ2v) is 8.17. The Balaban J connectivity index is 2.02. The maximum Gasteiger partial charge on any atom is 0.273 e. The van der Waals surface area contributed by atoms with Gasteiger partial charge in [0, 0.05) is 38.8 Å². The van der Waals surface area contributed by atoms with Gasteiger partial charge in [-0.3, -0.25) is 9.59 Å². The van der Waals surface area contributed by atoms with Crippen LogP contribution in [0.3, 0.4) is 0 Å². The van der Waals surface area contributed by atoms with Gasteiger partial charge >= 0.3 is 0 Å². The van der Waals surface area contributed by atoms with Crippen LogP contribution in [0.1, 0.15) is 12.0 Å². The Morgan fingerprint density at radius 1 is 1.18 bits per heavy atom. The third-order valence-corrected chi connectivity index (χ3v) is 5.59. The summed E-state index contributed by atoms with van der Waals surface area (Å²) < 4.78 is 11.7. The summed E-state index contributed by atoms with van der Waals surface area (Å²) in [6.07, 6.45) is 0.240. The van der Waals surface area contributed by atoms with Crippen LogP contribution in [0.25, 0.3) is 0 Å². The number of carbonyl (C=O) groups is 2. The molecule has 1 unspecified atom stereocenters. The van der Waals surface area contributed by atoms with Crippen LogP contribution in [0.15, 0.2) is 60.0 Å². The Bertz CT molecular complexity index is 1030. The molecule has 0 spiro atoms. The van der Waals surface area contributed by atoms with Gasteiger partial charge in [0.25, 0.3) is 12.3 Å². The lowest BCUT2D eigenvalue weighted by Crippen LogP contribution is -2.44. The SMILES string of the molecule is COc1ccccc1OC1NC(N(C)C=O)=C(C(=O)N(C)CCCO)N1Cc1ccc(Cl)cc1. The molecule has 0 saturated carbocycles. The van der Waals surface area contributed by atoms with Gasteiger partial charge < -0.3 is 34.6 Å². The third-order valence-electron chi connectivity index (χ3n) is 5.34. The highest BCUT2D eigenvalue weighted by molar-refractivity contribution is 6.30. The summed E-state index contributed by atoms with van der Waals surface area (Å²) in [6, 6.07) is 14.4. The molecule has 10 heteroatoms. The summed E-state index contributed by atoms with van der Waals surface area (Å²) in [5, 5.41) is 13.0. The predicted molar refractivity (Wildman–Crippen MR) is 128 cm³/mol. The van der Waals surface area contributed by atoms with E-state index in [0.717, 1.165) is 5.56 Å². The van der Waals surface area contributed by atoms with Crippen LogP contribution in [-0.2, 0) is 16.1 Å². The van der Waals surface area contributed by atoms with Gasteiger partial charge in [-0.15, -0.1) is 0 Å². The van der Waals surface area contributed by atoms with Crippen molar-refractivity contribution < 1.29 is 24.2 Å². The zero-order valence-corrected chi connectivity index (χ0v) is 20.2. The van der Waals surface area contributed by atoms with E-state index in [4.69, 9.17) is 21.1 Å². The quantitative estimate of drug-likeness (QED) is 0.468. The number of amides is 2. The van der Waals surface area contributed by atoms with Gasteiger partial charge in [-0.2, -0.15) is 0 Å². The van der Waals surface area contributed by atoms with Crippen molar-refractivity contribution in [3.63, 3.8) is 0 Å². The van der Waals surface area contributed by atoms with Crippen LogP contribution in [0, 0.1) is 0 Å². The standard InChI is InChI=1S/C24H29ClN4O5/c1-27(13-6-14-30)23(32)21-22(28(2)16-31)26-24(34-20-8-5-4-7-19(20)33-3)29(21)15-17-9-11-18(25)12-10-17/h4-5,7-12,16,24,26,30H,6,13-15H2,1-3H3. The molecule has 0 aliphatic carbocycles. The van der Waals surface area contributed by atoms with E-state index >= 15 is 0 Å². The van der Waals surface area contributed by atoms with Gasteiger partial charge in [0.2, 0.25) is 6.41 Å². The van der Waals surface area contributed by atoms with Crippen LogP contribution in [0.4, 0.5) is 0 Å². The van der Waals surface area contributed by atoms with Gasteiger partial charge in [0.05, 0.1) is 7.11 Å². The topological polar surface area (TPSA) is 94.6 Å². The fourth-order valence-corrected chi connectivity index (χ4v) is 3.66. The van der Waals surface area contributed by atoms with Crippen molar-refractivity contribution >= 4 is 23.9 Å². The summed E-state index contributed by atoms with van der Waals surface area (Å²) in [7, 11) is 4.76. The molecule has 1 atom stereocenters. The molecule has 0 radical (unpaired) electrons. The van der Waals surface area contributed by atoms with Crippen LogP contribution >= 0.6 is 11.6 Å². The summed E-state index contributed by atoms with van der Waals surface area (Å²) in [6.45, 7) is 0.614. The van der Waals surface area contributed by atoms with Crippen LogP contribution in [0.2, 0.25) is 5.02 Å². The first-order valence-corrected chi connectivity index (χ1v) is 11.1. The number of para-hydroxylation sites is 2. The fraction of sp³-hybridized carbons (Fsp3) is 0.333. The fourth-order valence-electron chi connectivity index (χ4n) is 3.53. The van der Waals surface area contributed by atoms with Crippen molar-refractivity contribution in [2.24, 2.45) is 0 Å². The minimum atomic E-state index is -0.811. The van der Waals surface area contributed by atoms with Gasteiger partial charge in [0.1, 0.15) is 11.5 Å². The molecule has 1 aliphatic rings. The molecule has 182 valence electrons. The van der Waals surface area contributed by atoms with Crippen LogP contribution < -0.4 is 14.8 Å². The molecule has 0 aromatic heterocycles. The first-order valence-electron chi connectivity index (χ1n) is 10.8. The maximum atomic E-state index is 13.5. The number of rotatable bonds is 11. The number of methoxy groups -OCH3 is 1. The largest absolute Gasteiger partial charge is 0.493 e. The van der Waals surface area contributed by atoms with Gasteiger partial charge in [-0.05, 0) is 36.2 Å². The Hall–Kier alpha value is -3.43. The van der Waals surface area contributed by atoms with Gasteiger partial charge in [-0.1, -0.05) is 35.9 Å². The van der Waals surface area contributed by atoms with Crippen molar-refractivity contribution in [3.8, 4) is 11.5 Å². The average Bonchev–Trinajstić information content (AvgIpc) is 3.20.